The zero-order valence-electron chi connectivity index (χ0n) is 8.47. The highest BCUT2D eigenvalue weighted by atomic mass is 16.7. The second-order valence-corrected chi connectivity index (χ2v) is 3.19. The minimum atomic E-state index is -1.65. The van der Waals surface area contributed by atoms with E-state index in [0.717, 1.165) is 0 Å². The van der Waals surface area contributed by atoms with E-state index in [2.05, 4.69) is 0 Å². The van der Waals surface area contributed by atoms with Crippen molar-refractivity contribution in [2.45, 2.75) is 6.10 Å². The lowest BCUT2D eigenvalue weighted by molar-refractivity contribution is -0.147. The van der Waals surface area contributed by atoms with Crippen LogP contribution in [0.3, 0.4) is 0 Å². The van der Waals surface area contributed by atoms with E-state index in [1.807, 2.05) is 0 Å². The maximum atomic E-state index is 10.7. The molecule has 0 radical (unpaired) electrons. The Morgan fingerprint density at radius 1 is 1.44 bits per heavy atom. The minimum Gasteiger partial charge on any atom is -0.496 e. The van der Waals surface area contributed by atoms with Gasteiger partial charge in [-0.2, -0.15) is 0 Å². The molecule has 0 saturated heterocycles. The molecule has 0 bridgehead atoms. The number of carboxylic acids is 1. The predicted molar refractivity (Wildman–Crippen MR) is 51.7 cm³/mol. The largest absolute Gasteiger partial charge is 0.496 e. The van der Waals surface area contributed by atoms with Gasteiger partial charge in [-0.25, -0.2) is 4.79 Å². The lowest BCUT2D eigenvalue weighted by Gasteiger charge is -2.12. The van der Waals surface area contributed by atoms with Crippen LogP contribution >= 0.6 is 0 Å². The van der Waals surface area contributed by atoms with Crippen molar-refractivity contribution in [3.05, 3.63) is 17.7 Å². The van der Waals surface area contributed by atoms with E-state index in [-0.39, 0.29) is 18.1 Å². The van der Waals surface area contributed by atoms with Crippen LogP contribution in [0.15, 0.2) is 12.1 Å². The maximum Gasteiger partial charge on any atom is 0.337 e. The maximum absolute atomic E-state index is 10.7. The van der Waals surface area contributed by atoms with Crippen molar-refractivity contribution in [1.82, 2.24) is 0 Å². The van der Waals surface area contributed by atoms with Crippen LogP contribution in [0.5, 0.6) is 17.2 Å². The number of hydrogen-bond donors (Lipinski definition) is 2. The van der Waals surface area contributed by atoms with Crippen LogP contribution in [-0.4, -0.2) is 30.1 Å². The van der Waals surface area contributed by atoms with Crippen LogP contribution in [0.2, 0.25) is 0 Å². The summed E-state index contributed by atoms with van der Waals surface area (Å²) in [5, 5.41) is 18.2. The molecule has 1 aliphatic heterocycles. The first-order valence-corrected chi connectivity index (χ1v) is 4.52. The Balaban J connectivity index is 2.47. The van der Waals surface area contributed by atoms with Gasteiger partial charge in [-0.1, -0.05) is 0 Å². The Kier molecular flexibility index (Phi) is 2.57. The SMILES string of the molecule is COc1cc2c(cc1C(O)C(=O)O)OCO2. The molecule has 0 saturated carbocycles. The number of aliphatic hydroxyl groups is 1. The molecule has 1 unspecified atom stereocenters. The number of hydrogen-bond acceptors (Lipinski definition) is 5. The molecule has 86 valence electrons. The molecule has 2 N–H and O–H groups in total. The van der Waals surface area contributed by atoms with E-state index in [0.29, 0.717) is 11.5 Å². The van der Waals surface area contributed by atoms with Crippen LogP contribution in [-0.2, 0) is 4.79 Å². The Morgan fingerprint density at radius 3 is 2.62 bits per heavy atom. The second kappa shape index (κ2) is 3.90. The first-order valence-electron chi connectivity index (χ1n) is 4.52. The highest BCUT2D eigenvalue weighted by Gasteiger charge is 2.25. The topological polar surface area (TPSA) is 85.2 Å². The summed E-state index contributed by atoms with van der Waals surface area (Å²) < 4.78 is 15.2. The number of ether oxygens (including phenoxy) is 3. The smallest absolute Gasteiger partial charge is 0.337 e. The van der Waals surface area contributed by atoms with E-state index in [9.17, 15) is 9.90 Å². The molecular weight excluding hydrogens is 216 g/mol. The first-order chi connectivity index (χ1) is 7.63. The Morgan fingerprint density at radius 2 is 2.06 bits per heavy atom. The standard InChI is InChI=1S/C10H10O6/c1-14-6-3-8-7(15-4-16-8)2-5(6)9(11)10(12)13/h2-3,9,11H,4H2,1H3,(H,12,13). The van der Waals surface area contributed by atoms with Crippen LogP contribution in [0.1, 0.15) is 11.7 Å². The number of methoxy groups -OCH3 is 1. The quantitative estimate of drug-likeness (QED) is 0.782. The van der Waals surface area contributed by atoms with Crippen molar-refractivity contribution >= 4 is 5.97 Å². The number of benzene rings is 1. The lowest BCUT2D eigenvalue weighted by atomic mass is 10.1. The molecule has 6 heteroatoms. The molecule has 2 rings (SSSR count). The molecule has 6 nitrogen and oxygen atoms in total. The number of aliphatic hydroxyl groups excluding tert-OH is 1. The van der Waals surface area contributed by atoms with E-state index in [4.69, 9.17) is 19.3 Å². The van der Waals surface area contributed by atoms with Gasteiger partial charge in [-0.15, -0.1) is 0 Å². The molecule has 0 fully saturated rings. The third kappa shape index (κ3) is 1.63. The lowest BCUT2D eigenvalue weighted by Crippen LogP contribution is -2.11. The van der Waals surface area contributed by atoms with Crippen LogP contribution in [0, 0.1) is 0 Å². The molecule has 1 atom stereocenters. The summed E-state index contributed by atoms with van der Waals surface area (Å²) in [6, 6.07) is 2.89. The number of carboxylic acid groups (broad SMARTS) is 1. The molecule has 1 aromatic rings. The van der Waals surface area contributed by atoms with E-state index in [1.54, 1.807) is 0 Å². The number of carbonyl (C=O) groups is 1. The minimum absolute atomic E-state index is 0.0745. The van der Waals surface area contributed by atoms with E-state index < -0.39 is 12.1 Å². The Hall–Kier alpha value is -1.95. The van der Waals surface area contributed by atoms with Gasteiger partial charge in [0.05, 0.1) is 7.11 Å². The number of rotatable bonds is 3. The molecule has 1 aromatic carbocycles. The Labute approximate surface area is 91.0 Å². The molecule has 1 aliphatic rings. The number of fused-ring (bicyclic) bond motifs is 1. The fraction of sp³-hybridized carbons (Fsp3) is 0.300. The van der Waals surface area contributed by atoms with Crippen molar-refractivity contribution in [3.8, 4) is 17.2 Å². The van der Waals surface area contributed by atoms with Gasteiger partial charge in [-0.3, -0.25) is 0 Å². The fourth-order valence-corrected chi connectivity index (χ4v) is 1.46. The average molecular weight is 226 g/mol. The van der Waals surface area contributed by atoms with Crippen LogP contribution in [0.4, 0.5) is 0 Å². The summed E-state index contributed by atoms with van der Waals surface area (Å²) in [6.07, 6.45) is -1.65. The average Bonchev–Trinajstić information content (AvgIpc) is 2.72. The van der Waals surface area contributed by atoms with Crippen LogP contribution in [0.25, 0.3) is 0 Å². The monoisotopic (exact) mass is 226 g/mol. The molecule has 0 amide bonds. The van der Waals surface area contributed by atoms with Crippen molar-refractivity contribution in [2.75, 3.05) is 13.9 Å². The molecule has 0 aromatic heterocycles. The van der Waals surface area contributed by atoms with Gasteiger partial charge < -0.3 is 24.4 Å². The van der Waals surface area contributed by atoms with Gasteiger partial charge in [0.15, 0.2) is 17.6 Å². The third-order valence-corrected chi connectivity index (χ3v) is 2.25. The van der Waals surface area contributed by atoms with Gasteiger partial charge in [-0.05, 0) is 6.07 Å². The van der Waals surface area contributed by atoms with Crippen molar-refractivity contribution < 1.29 is 29.2 Å². The fourth-order valence-electron chi connectivity index (χ4n) is 1.46. The highest BCUT2D eigenvalue weighted by molar-refractivity contribution is 5.76. The summed E-state index contributed by atoms with van der Waals surface area (Å²) in [5.41, 5.74) is 0.138. The van der Waals surface area contributed by atoms with Gasteiger partial charge in [0.25, 0.3) is 0 Å². The normalized spacial score (nSPS) is 14.6. The van der Waals surface area contributed by atoms with Gasteiger partial charge in [0.1, 0.15) is 5.75 Å². The summed E-state index contributed by atoms with van der Waals surface area (Å²) in [4.78, 5) is 10.7. The predicted octanol–water partition coefficient (Wildman–Crippen LogP) is 0.542. The summed E-state index contributed by atoms with van der Waals surface area (Å²) in [5.74, 6) is -0.231. The van der Waals surface area contributed by atoms with Gasteiger partial charge in [0.2, 0.25) is 6.79 Å². The summed E-state index contributed by atoms with van der Waals surface area (Å²) in [7, 11) is 1.38. The molecule has 1 heterocycles. The number of aliphatic carboxylic acids is 1. The molecule has 16 heavy (non-hydrogen) atoms. The first kappa shape index (κ1) is 10.6. The molecule has 0 spiro atoms. The van der Waals surface area contributed by atoms with Crippen molar-refractivity contribution in [2.24, 2.45) is 0 Å². The second-order valence-electron chi connectivity index (χ2n) is 3.19. The Bertz CT molecular complexity index is 428. The van der Waals surface area contributed by atoms with E-state index >= 15 is 0 Å². The summed E-state index contributed by atoms with van der Waals surface area (Å²) in [6.45, 7) is 0.0745. The van der Waals surface area contributed by atoms with Crippen molar-refractivity contribution in [1.29, 1.82) is 0 Å². The molecule has 0 aliphatic carbocycles. The van der Waals surface area contributed by atoms with Gasteiger partial charge >= 0.3 is 5.97 Å². The van der Waals surface area contributed by atoms with Gasteiger partial charge in [0, 0.05) is 11.6 Å². The zero-order valence-corrected chi connectivity index (χ0v) is 8.47. The zero-order chi connectivity index (χ0) is 11.7. The van der Waals surface area contributed by atoms with Crippen molar-refractivity contribution in [3.63, 3.8) is 0 Å². The summed E-state index contributed by atoms with van der Waals surface area (Å²) >= 11 is 0. The van der Waals surface area contributed by atoms with Crippen LogP contribution < -0.4 is 14.2 Å². The highest BCUT2D eigenvalue weighted by Crippen LogP contribution is 2.40. The molecular formula is C10H10O6. The third-order valence-electron chi connectivity index (χ3n) is 2.25. The van der Waals surface area contributed by atoms with E-state index in [1.165, 1.54) is 19.2 Å².